The molecular weight excluding hydrogens is 372 g/mol. The highest BCUT2D eigenvalue weighted by atomic mass is 16.3. The third-order valence-corrected chi connectivity index (χ3v) is 5.56. The molecule has 2 aromatic carbocycles. The smallest absolute Gasteiger partial charge is 0.124 e. The van der Waals surface area contributed by atoms with Gasteiger partial charge in [-0.1, -0.05) is 42.5 Å². The summed E-state index contributed by atoms with van der Waals surface area (Å²) in [4.78, 5) is 5.00. The van der Waals surface area contributed by atoms with Crippen molar-refractivity contribution in [2.45, 2.75) is 6.92 Å². The summed E-state index contributed by atoms with van der Waals surface area (Å²) in [6.45, 7) is 1.99. The highest BCUT2D eigenvalue weighted by Crippen LogP contribution is 2.38. The van der Waals surface area contributed by atoms with Gasteiger partial charge in [0.15, 0.2) is 0 Å². The number of aromatic hydroxyl groups is 1. The van der Waals surface area contributed by atoms with Crippen LogP contribution in [-0.4, -0.2) is 24.4 Å². The number of hydrogen-bond donors (Lipinski definition) is 1. The van der Waals surface area contributed by atoms with Crippen molar-refractivity contribution in [3.63, 3.8) is 0 Å². The molecule has 0 unspecified atom stereocenters. The first-order chi connectivity index (χ1) is 14.5. The molecule has 0 bridgehead atoms. The molecule has 0 aliphatic heterocycles. The van der Waals surface area contributed by atoms with Gasteiger partial charge >= 0.3 is 0 Å². The van der Waals surface area contributed by atoms with Crippen LogP contribution in [0.5, 0.6) is 5.75 Å². The van der Waals surface area contributed by atoms with Crippen molar-refractivity contribution >= 4 is 10.9 Å². The van der Waals surface area contributed by atoms with Crippen LogP contribution in [-0.2, 0) is 14.1 Å². The van der Waals surface area contributed by atoms with Gasteiger partial charge in [-0.25, -0.2) is 4.98 Å². The van der Waals surface area contributed by atoms with Gasteiger partial charge in [0.25, 0.3) is 0 Å². The standard InChI is InChI=1S/C25H22N4O/c1-16-20(15-28(2)27-16)21-14-23-19(25(26-21)18-11-7-8-12-24(18)30)13-22(29(23)3)17-9-5-4-6-10-17/h4-15,30H,1-3H3. The quantitative estimate of drug-likeness (QED) is 0.450. The van der Waals surface area contributed by atoms with Gasteiger partial charge in [-0.3, -0.25) is 4.68 Å². The van der Waals surface area contributed by atoms with Gasteiger partial charge in [-0.15, -0.1) is 0 Å². The summed E-state index contributed by atoms with van der Waals surface area (Å²) in [5.41, 5.74) is 7.52. The van der Waals surface area contributed by atoms with E-state index in [0.29, 0.717) is 0 Å². The lowest BCUT2D eigenvalue weighted by Crippen LogP contribution is -1.94. The van der Waals surface area contributed by atoms with E-state index in [1.807, 2.05) is 56.6 Å². The van der Waals surface area contributed by atoms with E-state index in [2.05, 4.69) is 41.0 Å². The fourth-order valence-electron chi connectivity index (χ4n) is 4.08. The van der Waals surface area contributed by atoms with Crippen LogP contribution in [0.4, 0.5) is 0 Å². The molecule has 0 saturated heterocycles. The average Bonchev–Trinajstić information content (AvgIpc) is 3.27. The molecule has 0 atom stereocenters. The number of rotatable bonds is 3. The molecule has 0 saturated carbocycles. The van der Waals surface area contributed by atoms with E-state index in [4.69, 9.17) is 4.98 Å². The fourth-order valence-corrected chi connectivity index (χ4v) is 4.08. The molecule has 0 amide bonds. The predicted octanol–water partition coefficient (Wildman–Crippen LogP) is 5.32. The molecule has 0 aliphatic rings. The van der Waals surface area contributed by atoms with Crippen molar-refractivity contribution in [1.29, 1.82) is 0 Å². The monoisotopic (exact) mass is 394 g/mol. The number of pyridine rings is 1. The number of phenols is 1. The van der Waals surface area contributed by atoms with Crippen molar-refractivity contribution in [2.24, 2.45) is 14.1 Å². The van der Waals surface area contributed by atoms with Crippen molar-refractivity contribution in [3.8, 4) is 39.5 Å². The predicted molar refractivity (Wildman–Crippen MR) is 120 cm³/mol. The first-order valence-corrected chi connectivity index (χ1v) is 9.88. The Labute approximate surface area is 174 Å². The van der Waals surface area contributed by atoms with Crippen LogP contribution < -0.4 is 0 Å². The number of hydrogen-bond acceptors (Lipinski definition) is 3. The van der Waals surface area contributed by atoms with Gasteiger partial charge in [0, 0.05) is 42.5 Å². The first-order valence-electron chi connectivity index (χ1n) is 9.88. The normalized spacial score (nSPS) is 11.3. The molecule has 30 heavy (non-hydrogen) atoms. The number of nitrogens with zero attached hydrogens (tertiary/aromatic N) is 4. The highest BCUT2D eigenvalue weighted by Gasteiger charge is 2.19. The lowest BCUT2D eigenvalue weighted by atomic mass is 10.0. The van der Waals surface area contributed by atoms with Crippen LogP contribution in [0, 0.1) is 6.92 Å². The van der Waals surface area contributed by atoms with Crippen molar-refractivity contribution in [3.05, 3.63) is 78.6 Å². The van der Waals surface area contributed by atoms with E-state index >= 15 is 0 Å². The minimum Gasteiger partial charge on any atom is -0.507 e. The molecule has 3 aromatic heterocycles. The Morgan fingerprint density at radius 3 is 2.30 bits per heavy atom. The number of aryl methyl sites for hydroxylation is 3. The summed E-state index contributed by atoms with van der Waals surface area (Å²) < 4.78 is 3.99. The van der Waals surface area contributed by atoms with Gasteiger partial charge in [-0.2, -0.15) is 5.10 Å². The number of aromatic nitrogens is 4. The number of phenolic OH excluding ortho intramolecular Hbond substituents is 1. The van der Waals surface area contributed by atoms with Crippen molar-refractivity contribution < 1.29 is 5.11 Å². The Balaban J connectivity index is 1.86. The summed E-state index contributed by atoms with van der Waals surface area (Å²) in [5, 5.41) is 16.1. The Bertz CT molecular complexity index is 1380. The Hall–Kier alpha value is -3.86. The maximum absolute atomic E-state index is 10.6. The molecular formula is C25H22N4O. The Kier molecular flexibility index (Phi) is 4.17. The van der Waals surface area contributed by atoms with Crippen LogP contribution in [0.1, 0.15) is 5.69 Å². The van der Waals surface area contributed by atoms with E-state index in [-0.39, 0.29) is 5.75 Å². The van der Waals surface area contributed by atoms with Gasteiger partial charge in [0.1, 0.15) is 5.75 Å². The minimum absolute atomic E-state index is 0.219. The minimum atomic E-state index is 0.219. The number of para-hydroxylation sites is 1. The van der Waals surface area contributed by atoms with E-state index in [9.17, 15) is 5.11 Å². The first kappa shape index (κ1) is 18.2. The summed E-state index contributed by atoms with van der Waals surface area (Å²) in [6.07, 6.45) is 1.99. The van der Waals surface area contributed by atoms with Crippen LogP contribution in [0.2, 0.25) is 0 Å². The summed E-state index contributed by atoms with van der Waals surface area (Å²) in [7, 11) is 3.98. The molecule has 148 valence electrons. The topological polar surface area (TPSA) is 55.9 Å². The molecule has 1 N–H and O–H groups in total. The average molecular weight is 394 g/mol. The second-order valence-corrected chi connectivity index (χ2v) is 7.56. The van der Waals surface area contributed by atoms with Gasteiger partial charge in [0.2, 0.25) is 0 Å². The Morgan fingerprint density at radius 1 is 0.867 bits per heavy atom. The molecule has 5 heteroatoms. The number of fused-ring (bicyclic) bond motifs is 1. The zero-order valence-corrected chi connectivity index (χ0v) is 17.2. The maximum Gasteiger partial charge on any atom is 0.124 e. The van der Waals surface area contributed by atoms with Crippen molar-refractivity contribution in [2.75, 3.05) is 0 Å². The molecule has 5 rings (SSSR count). The zero-order valence-electron chi connectivity index (χ0n) is 17.2. The zero-order chi connectivity index (χ0) is 20.8. The molecule has 0 fully saturated rings. The molecule has 0 aliphatic carbocycles. The van der Waals surface area contributed by atoms with E-state index in [1.54, 1.807) is 10.7 Å². The number of benzene rings is 2. The maximum atomic E-state index is 10.6. The van der Waals surface area contributed by atoms with Crippen LogP contribution in [0.25, 0.3) is 44.7 Å². The van der Waals surface area contributed by atoms with E-state index < -0.39 is 0 Å². The van der Waals surface area contributed by atoms with Gasteiger partial charge < -0.3 is 9.67 Å². The third-order valence-electron chi connectivity index (χ3n) is 5.56. The Morgan fingerprint density at radius 2 is 1.60 bits per heavy atom. The highest BCUT2D eigenvalue weighted by molar-refractivity contribution is 6.00. The molecule has 5 nitrogen and oxygen atoms in total. The lowest BCUT2D eigenvalue weighted by Gasteiger charge is -2.10. The fraction of sp³-hybridized carbons (Fsp3) is 0.120. The summed E-state index contributed by atoms with van der Waals surface area (Å²) >= 11 is 0. The molecule has 5 aromatic rings. The SMILES string of the molecule is Cc1nn(C)cc1-c1cc2c(cc(-c3ccccc3)n2C)c(-c2ccccc2O)n1. The van der Waals surface area contributed by atoms with Crippen LogP contribution >= 0.6 is 0 Å². The summed E-state index contributed by atoms with van der Waals surface area (Å²) in [6, 6.07) is 21.9. The van der Waals surface area contributed by atoms with Crippen LogP contribution in [0.3, 0.4) is 0 Å². The van der Waals surface area contributed by atoms with E-state index in [1.165, 1.54) is 0 Å². The second kappa shape index (κ2) is 6.88. The second-order valence-electron chi connectivity index (χ2n) is 7.56. The van der Waals surface area contributed by atoms with Crippen molar-refractivity contribution in [1.82, 2.24) is 19.3 Å². The molecule has 0 spiro atoms. The van der Waals surface area contributed by atoms with Crippen LogP contribution in [0.15, 0.2) is 72.9 Å². The van der Waals surface area contributed by atoms with Gasteiger partial charge in [0.05, 0.1) is 22.6 Å². The molecule has 0 radical (unpaired) electrons. The van der Waals surface area contributed by atoms with E-state index in [0.717, 1.165) is 50.4 Å². The molecule has 3 heterocycles. The van der Waals surface area contributed by atoms with Gasteiger partial charge in [-0.05, 0) is 36.8 Å². The lowest BCUT2D eigenvalue weighted by molar-refractivity contribution is 0.477. The summed E-state index contributed by atoms with van der Waals surface area (Å²) in [5.74, 6) is 0.219. The third kappa shape index (κ3) is 2.87. The largest absolute Gasteiger partial charge is 0.507 e.